The van der Waals surface area contributed by atoms with Crippen molar-refractivity contribution in [3.05, 3.63) is 0 Å². The first-order valence-electron chi connectivity index (χ1n) is 9.88. The van der Waals surface area contributed by atoms with E-state index in [0.29, 0.717) is 0 Å². The summed E-state index contributed by atoms with van der Waals surface area (Å²) >= 11 is 0. The molecule has 0 amide bonds. The van der Waals surface area contributed by atoms with Crippen molar-refractivity contribution in [3.8, 4) is 0 Å². The van der Waals surface area contributed by atoms with Crippen LogP contribution in [0.25, 0.3) is 0 Å². The van der Waals surface area contributed by atoms with Crippen LogP contribution < -0.4 is 5.73 Å². The van der Waals surface area contributed by atoms with E-state index in [1.165, 1.54) is 0 Å². The zero-order chi connectivity index (χ0) is 22.7. The predicted octanol–water partition coefficient (Wildman–Crippen LogP) is -2.47. The fourth-order valence-electron chi connectivity index (χ4n) is 3.42. The third-order valence-corrected chi connectivity index (χ3v) is 4.81. The summed E-state index contributed by atoms with van der Waals surface area (Å²) in [5, 5.41) is 50.3. The molecule has 2 saturated heterocycles. The van der Waals surface area contributed by atoms with Gasteiger partial charge in [0.15, 0.2) is 18.7 Å². The smallest absolute Gasteiger partial charge is 0.335 e. The Balaban J connectivity index is 2.21. The van der Waals surface area contributed by atoms with Crippen LogP contribution in [0.2, 0.25) is 0 Å². The molecular weight excluding hydrogens is 406 g/mol. The van der Waals surface area contributed by atoms with Gasteiger partial charge in [-0.15, -0.1) is 0 Å². The summed E-state index contributed by atoms with van der Waals surface area (Å²) in [5.41, 5.74) is 6.11. The second kappa shape index (κ2) is 10.6. The van der Waals surface area contributed by atoms with Gasteiger partial charge in [-0.25, -0.2) is 4.79 Å². The van der Waals surface area contributed by atoms with Gasteiger partial charge in [0.05, 0.1) is 24.9 Å². The Morgan fingerprint density at radius 3 is 2.03 bits per heavy atom. The van der Waals surface area contributed by atoms with Crippen molar-refractivity contribution in [1.29, 1.82) is 0 Å². The average Bonchev–Trinajstić information content (AvgIpc) is 2.65. The molecule has 2 aliphatic heterocycles. The minimum Gasteiger partial charge on any atom is -0.479 e. The average molecular weight is 439 g/mol. The lowest BCUT2D eigenvalue weighted by molar-refractivity contribution is -0.344. The molecule has 12 nitrogen and oxygen atoms in total. The molecule has 176 valence electrons. The Bertz CT molecular complexity index is 562. The van der Waals surface area contributed by atoms with Crippen LogP contribution in [-0.4, -0.2) is 112 Å². The summed E-state index contributed by atoms with van der Waals surface area (Å²) in [7, 11) is 0. The third-order valence-electron chi connectivity index (χ3n) is 4.81. The normalized spacial score (nSPS) is 42.6. The Kier molecular flexibility index (Phi) is 8.94. The predicted molar refractivity (Wildman–Crippen MR) is 99.1 cm³/mol. The van der Waals surface area contributed by atoms with Crippen LogP contribution in [0, 0.1) is 0 Å². The Morgan fingerprint density at radius 2 is 1.53 bits per heavy atom. The molecule has 7 N–H and O–H groups in total. The number of hydrogen-bond acceptors (Lipinski definition) is 11. The number of carbonyl (C=O) groups is 1. The van der Waals surface area contributed by atoms with Gasteiger partial charge in [0.25, 0.3) is 0 Å². The van der Waals surface area contributed by atoms with Crippen LogP contribution in [0.5, 0.6) is 0 Å². The molecule has 2 fully saturated rings. The van der Waals surface area contributed by atoms with E-state index in [1.807, 2.05) is 0 Å². The Hall–Kier alpha value is -0.930. The van der Waals surface area contributed by atoms with Crippen LogP contribution in [-0.2, 0) is 28.5 Å². The largest absolute Gasteiger partial charge is 0.479 e. The Labute approximate surface area is 174 Å². The lowest BCUT2D eigenvalue weighted by Crippen LogP contribution is -2.67. The summed E-state index contributed by atoms with van der Waals surface area (Å²) in [6.07, 6.45) is -13.5. The van der Waals surface area contributed by atoms with Gasteiger partial charge in [-0.2, -0.15) is 0 Å². The van der Waals surface area contributed by atoms with Gasteiger partial charge in [0.1, 0.15) is 36.6 Å². The summed E-state index contributed by atoms with van der Waals surface area (Å²) in [5.74, 6) is -1.42. The second-order valence-electron chi connectivity index (χ2n) is 7.97. The second-order valence-corrected chi connectivity index (χ2v) is 7.97. The topological polar surface area (TPSA) is 190 Å². The number of carboxylic acids is 1. The SMILES string of the molecule is CC(C)OC1OC(CO)C(O)C(OC2OC(C(=O)O)C(OC(C)C)C(O)C2O)C1N. The highest BCUT2D eigenvalue weighted by molar-refractivity contribution is 5.73. The van der Waals surface area contributed by atoms with E-state index >= 15 is 0 Å². The Morgan fingerprint density at radius 1 is 0.933 bits per heavy atom. The molecule has 0 aromatic rings. The van der Waals surface area contributed by atoms with Crippen molar-refractivity contribution in [2.75, 3.05) is 6.61 Å². The van der Waals surface area contributed by atoms with Crippen molar-refractivity contribution in [1.82, 2.24) is 0 Å². The molecule has 0 aromatic carbocycles. The van der Waals surface area contributed by atoms with Gasteiger partial charge in [0, 0.05) is 0 Å². The van der Waals surface area contributed by atoms with E-state index in [4.69, 9.17) is 29.4 Å². The number of rotatable bonds is 8. The summed E-state index contributed by atoms with van der Waals surface area (Å²) in [6.45, 7) is 6.19. The molecule has 30 heavy (non-hydrogen) atoms. The van der Waals surface area contributed by atoms with Crippen molar-refractivity contribution < 1.29 is 54.0 Å². The first-order valence-corrected chi connectivity index (χ1v) is 9.88. The number of carboxylic acid groups (broad SMARTS) is 1. The number of hydrogen-bond donors (Lipinski definition) is 6. The van der Waals surface area contributed by atoms with E-state index in [1.54, 1.807) is 27.7 Å². The highest BCUT2D eigenvalue weighted by atomic mass is 16.7. The number of nitrogens with two attached hydrogens (primary N) is 1. The minimum absolute atomic E-state index is 0.292. The van der Waals surface area contributed by atoms with Gasteiger partial charge in [-0.1, -0.05) is 0 Å². The van der Waals surface area contributed by atoms with Crippen LogP contribution in [0.15, 0.2) is 0 Å². The van der Waals surface area contributed by atoms with Crippen LogP contribution in [0.3, 0.4) is 0 Å². The van der Waals surface area contributed by atoms with Crippen molar-refractivity contribution in [2.24, 2.45) is 5.73 Å². The maximum atomic E-state index is 11.6. The first-order chi connectivity index (χ1) is 14.0. The van der Waals surface area contributed by atoms with Gasteiger partial charge in [0.2, 0.25) is 0 Å². The van der Waals surface area contributed by atoms with Crippen LogP contribution in [0.4, 0.5) is 0 Å². The molecule has 2 heterocycles. The molecule has 10 unspecified atom stereocenters. The number of ether oxygens (including phenoxy) is 5. The fourth-order valence-corrected chi connectivity index (χ4v) is 3.42. The number of aliphatic carboxylic acids is 1. The molecule has 0 aromatic heterocycles. The maximum absolute atomic E-state index is 11.6. The maximum Gasteiger partial charge on any atom is 0.335 e. The fraction of sp³-hybridized carbons (Fsp3) is 0.944. The van der Waals surface area contributed by atoms with Crippen LogP contribution in [0.1, 0.15) is 27.7 Å². The molecule has 2 rings (SSSR count). The number of aliphatic hydroxyl groups is 4. The van der Waals surface area contributed by atoms with Gasteiger partial charge >= 0.3 is 5.97 Å². The van der Waals surface area contributed by atoms with Gasteiger partial charge in [-0.05, 0) is 27.7 Å². The van der Waals surface area contributed by atoms with E-state index in [2.05, 4.69) is 0 Å². The van der Waals surface area contributed by atoms with Gasteiger partial charge in [-0.3, -0.25) is 0 Å². The van der Waals surface area contributed by atoms with Gasteiger partial charge < -0.3 is 55.0 Å². The van der Waals surface area contributed by atoms with Crippen molar-refractivity contribution in [2.45, 2.75) is 101 Å². The summed E-state index contributed by atoms with van der Waals surface area (Å²) < 4.78 is 27.4. The van der Waals surface area contributed by atoms with Crippen molar-refractivity contribution >= 4 is 5.97 Å². The van der Waals surface area contributed by atoms with Crippen molar-refractivity contribution in [3.63, 3.8) is 0 Å². The molecule has 0 radical (unpaired) electrons. The van der Waals surface area contributed by atoms with Crippen LogP contribution >= 0.6 is 0 Å². The highest BCUT2D eigenvalue weighted by Crippen LogP contribution is 2.30. The zero-order valence-corrected chi connectivity index (χ0v) is 17.4. The lowest BCUT2D eigenvalue weighted by atomic mass is 9.95. The monoisotopic (exact) mass is 439 g/mol. The molecule has 2 aliphatic rings. The number of aliphatic hydroxyl groups excluding tert-OH is 4. The lowest BCUT2D eigenvalue weighted by Gasteiger charge is -2.47. The highest BCUT2D eigenvalue weighted by Gasteiger charge is 2.52. The molecule has 10 atom stereocenters. The summed E-state index contributed by atoms with van der Waals surface area (Å²) in [4.78, 5) is 11.6. The quantitative estimate of drug-likeness (QED) is 0.234. The molecule has 0 saturated carbocycles. The van der Waals surface area contributed by atoms with E-state index < -0.39 is 80.0 Å². The van der Waals surface area contributed by atoms with E-state index in [9.17, 15) is 30.3 Å². The minimum atomic E-state index is -1.69. The molecule has 0 aliphatic carbocycles. The molecule has 0 bridgehead atoms. The zero-order valence-electron chi connectivity index (χ0n) is 17.4. The third kappa shape index (κ3) is 5.65. The summed E-state index contributed by atoms with van der Waals surface area (Å²) in [6, 6.07) is -1.06. The van der Waals surface area contributed by atoms with E-state index in [-0.39, 0.29) is 6.10 Å². The standard InChI is InChI=1S/C18H33NO11/c1-6(2)26-14-11(22)12(23)18(30-15(14)16(24)25)29-13-9(19)17(27-7(3)4)28-8(5-20)10(13)21/h6-15,17-18,20-23H,5,19H2,1-4H3,(H,24,25). The molecule has 12 heteroatoms. The molecule has 0 spiro atoms. The molecular formula is C18H33NO11. The first kappa shape index (κ1) is 25.3. The van der Waals surface area contributed by atoms with E-state index in [0.717, 1.165) is 0 Å².